The van der Waals surface area contributed by atoms with Gasteiger partial charge in [0.2, 0.25) is 0 Å². The maximum Gasteiger partial charge on any atom is 0.113 e. The van der Waals surface area contributed by atoms with E-state index in [0.717, 1.165) is 23.6 Å². The average molecular weight is 470 g/mol. The standard InChI is InChI=1S/C30H32ClN3/c1-20-3-5-21(6-4-20)29(22-9-12-25(31)13-10-22)24-11-14-27-28(19-24)34(30(32-27)23-7-8-23)26-15-17-33(2)18-16-26/h3-6,9-14,19,23,26,29H,7-8,15-18H2,1-2H3. The van der Waals surface area contributed by atoms with Crippen LogP contribution in [0.15, 0.2) is 66.7 Å². The van der Waals surface area contributed by atoms with E-state index in [2.05, 4.69) is 78.0 Å². The zero-order valence-corrected chi connectivity index (χ0v) is 20.8. The molecule has 1 saturated heterocycles. The van der Waals surface area contributed by atoms with E-state index in [1.807, 2.05) is 12.1 Å². The van der Waals surface area contributed by atoms with Crippen LogP contribution in [0.3, 0.4) is 0 Å². The van der Waals surface area contributed by atoms with Gasteiger partial charge in [-0.25, -0.2) is 4.98 Å². The van der Waals surface area contributed by atoms with Gasteiger partial charge in [0.1, 0.15) is 5.82 Å². The van der Waals surface area contributed by atoms with Gasteiger partial charge in [-0.05, 0) is 93.7 Å². The first-order valence-corrected chi connectivity index (χ1v) is 13.0. The van der Waals surface area contributed by atoms with Crippen LogP contribution in [0, 0.1) is 6.92 Å². The number of aryl methyl sites for hydroxylation is 1. The van der Waals surface area contributed by atoms with Crippen LogP contribution >= 0.6 is 11.6 Å². The molecule has 2 aliphatic rings. The topological polar surface area (TPSA) is 21.1 Å². The Morgan fingerprint density at radius 3 is 2.09 bits per heavy atom. The number of imidazole rings is 1. The van der Waals surface area contributed by atoms with Crippen molar-refractivity contribution in [1.29, 1.82) is 0 Å². The van der Waals surface area contributed by atoms with Crippen molar-refractivity contribution >= 4 is 22.6 Å². The normalized spacial score (nSPS) is 18.4. The summed E-state index contributed by atoms with van der Waals surface area (Å²) in [5.74, 6) is 2.12. The third kappa shape index (κ3) is 4.16. The van der Waals surface area contributed by atoms with Gasteiger partial charge in [-0.1, -0.05) is 59.6 Å². The number of halogens is 1. The molecule has 174 valence electrons. The first-order valence-electron chi connectivity index (χ1n) is 12.6. The summed E-state index contributed by atoms with van der Waals surface area (Å²) >= 11 is 6.25. The van der Waals surface area contributed by atoms with Crippen LogP contribution in [-0.2, 0) is 0 Å². The summed E-state index contributed by atoms with van der Waals surface area (Å²) in [4.78, 5) is 7.62. The largest absolute Gasteiger partial charge is 0.325 e. The molecule has 1 atom stereocenters. The maximum absolute atomic E-state index is 6.25. The summed E-state index contributed by atoms with van der Waals surface area (Å²) in [7, 11) is 2.24. The second-order valence-electron chi connectivity index (χ2n) is 10.3. The lowest BCUT2D eigenvalue weighted by atomic mass is 9.84. The molecule has 3 nitrogen and oxygen atoms in total. The maximum atomic E-state index is 6.25. The van der Waals surface area contributed by atoms with Crippen LogP contribution in [0.1, 0.15) is 71.6 Å². The highest BCUT2D eigenvalue weighted by atomic mass is 35.5. The van der Waals surface area contributed by atoms with Crippen molar-refractivity contribution in [2.45, 2.75) is 50.5 Å². The molecular formula is C30H32ClN3. The van der Waals surface area contributed by atoms with Gasteiger partial charge in [-0.15, -0.1) is 0 Å². The molecule has 4 heteroatoms. The van der Waals surface area contributed by atoms with Crippen LogP contribution in [0.2, 0.25) is 5.02 Å². The monoisotopic (exact) mass is 469 g/mol. The third-order valence-electron chi connectivity index (χ3n) is 7.68. The molecular weight excluding hydrogens is 438 g/mol. The molecule has 1 unspecified atom stereocenters. The van der Waals surface area contributed by atoms with Gasteiger partial charge < -0.3 is 9.47 Å². The lowest BCUT2D eigenvalue weighted by Crippen LogP contribution is -2.32. The molecule has 3 aromatic carbocycles. The summed E-state index contributed by atoms with van der Waals surface area (Å²) in [5, 5.41) is 0.774. The molecule has 34 heavy (non-hydrogen) atoms. The Kier molecular flexibility index (Phi) is 5.71. The number of aromatic nitrogens is 2. The van der Waals surface area contributed by atoms with Crippen molar-refractivity contribution in [2.24, 2.45) is 0 Å². The van der Waals surface area contributed by atoms with Crippen molar-refractivity contribution in [3.63, 3.8) is 0 Å². The van der Waals surface area contributed by atoms with Crippen molar-refractivity contribution in [3.8, 4) is 0 Å². The number of piperidine rings is 1. The van der Waals surface area contributed by atoms with Crippen LogP contribution < -0.4 is 0 Å². The molecule has 1 aliphatic carbocycles. The van der Waals surface area contributed by atoms with Crippen LogP contribution in [0.4, 0.5) is 0 Å². The zero-order valence-electron chi connectivity index (χ0n) is 20.0. The fourth-order valence-corrected chi connectivity index (χ4v) is 5.69. The quantitative estimate of drug-likeness (QED) is 0.285. The smallest absolute Gasteiger partial charge is 0.113 e. The van der Waals surface area contributed by atoms with E-state index in [1.165, 1.54) is 59.3 Å². The summed E-state index contributed by atoms with van der Waals surface area (Å²) in [6.45, 7) is 4.46. The van der Waals surface area contributed by atoms with E-state index in [4.69, 9.17) is 16.6 Å². The fourth-order valence-electron chi connectivity index (χ4n) is 5.57. The summed E-state index contributed by atoms with van der Waals surface area (Å²) in [5.41, 5.74) is 7.61. The fraction of sp³-hybridized carbons (Fsp3) is 0.367. The molecule has 0 bridgehead atoms. The van der Waals surface area contributed by atoms with Crippen molar-refractivity contribution in [3.05, 3.63) is 99.8 Å². The Labute approximate surface area is 207 Å². The van der Waals surface area contributed by atoms with E-state index >= 15 is 0 Å². The van der Waals surface area contributed by atoms with Crippen LogP contribution in [-0.4, -0.2) is 34.6 Å². The number of hydrogen-bond acceptors (Lipinski definition) is 2. The van der Waals surface area contributed by atoms with Crippen molar-refractivity contribution in [2.75, 3.05) is 20.1 Å². The van der Waals surface area contributed by atoms with Gasteiger partial charge >= 0.3 is 0 Å². The highest BCUT2D eigenvalue weighted by Crippen LogP contribution is 2.44. The Bertz CT molecular complexity index is 1250. The molecule has 1 aromatic heterocycles. The third-order valence-corrected chi connectivity index (χ3v) is 7.94. The molecule has 0 spiro atoms. The lowest BCUT2D eigenvalue weighted by Gasteiger charge is -2.31. The van der Waals surface area contributed by atoms with E-state index in [1.54, 1.807) is 0 Å². The lowest BCUT2D eigenvalue weighted by molar-refractivity contribution is 0.221. The molecule has 1 aliphatic heterocycles. The Morgan fingerprint density at radius 1 is 0.824 bits per heavy atom. The van der Waals surface area contributed by atoms with Crippen molar-refractivity contribution in [1.82, 2.24) is 14.5 Å². The predicted molar refractivity (Wildman–Crippen MR) is 141 cm³/mol. The van der Waals surface area contributed by atoms with Gasteiger partial charge in [0.25, 0.3) is 0 Å². The zero-order chi connectivity index (χ0) is 23.2. The summed E-state index contributed by atoms with van der Waals surface area (Å²) in [6.07, 6.45) is 4.95. The van der Waals surface area contributed by atoms with Gasteiger partial charge in [-0.2, -0.15) is 0 Å². The SMILES string of the molecule is Cc1ccc(C(c2ccc(Cl)cc2)c2ccc3nc(C4CC4)n(C4CCN(C)CC4)c3c2)cc1. The minimum atomic E-state index is 0.160. The highest BCUT2D eigenvalue weighted by Gasteiger charge is 2.33. The number of fused-ring (bicyclic) bond motifs is 1. The van der Waals surface area contributed by atoms with E-state index < -0.39 is 0 Å². The van der Waals surface area contributed by atoms with Gasteiger partial charge in [-0.3, -0.25) is 0 Å². The van der Waals surface area contributed by atoms with Gasteiger partial charge in [0, 0.05) is 22.9 Å². The van der Waals surface area contributed by atoms with Crippen molar-refractivity contribution < 1.29 is 0 Å². The summed E-state index contributed by atoms with van der Waals surface area (Å²) < 4.78 is 2.62. The average Bonchev–Trinajstić information content (AvgIpc) is 3.63. The van der Waals surface area contributed by atoms with Gasteiger partial charge in [0.15, 0.2) is 0 Å². The first-order chi connectivity index (χ1) is 16.6. The Hall–Kier alpha value is -2.62. The molecule has 0 amide bonds. The number of benzene rings is 3. The second kappa shape index (κ2) is 8.87. The van der Waals surface area contributed by atoms with Crippen LogP contribution in [0.5, 0.6) is 0 Å². The number of likely N-dealkylation sites (tertiary alicyclic amines) is 1. The van der Waals surface area contributed by atoms with Crippen LogP contribution in [0.25, 0.3) is 11.0 Å². The van der Waals surface area contributed by atoms with Gasteiger partial charge in [0.05, 0.1) is 11.0 Å². The molecule has 2 fully saturated rings. The number of hydrogen-bond donors (Lipinski definition) is 0. The predicted octanol–water partition coefficient (Wildman–Crippen LogP) is 7.32. The van der Waals surface area contributed by atoms with E-state index in [-0.39, 0.29) is 5.92 Å². The van der Waals surface area contributed by atoms with E-state index in [9.17, 15) is 0 Å². The summed E-state index contributed by atoms with van der Waals surface area (Å²) in [6, 6.07) is 24.8. The molecule has 4 aromatic rings. The minimum absolute atomic E-state index is 0.160. The first kappa shape index (κ1) is 21.9. The molecule has 0 radical (unpaired) electrons. The Morgan fingerprint density at radius 2 is 1.44 bits per heavy atom. The molecule has 6 rings (SSSR count). The minimum Gasteiger partial charge on any atom is -0.325 e. The highest BCUT2D eigenvalue weighted by molar-refractivity contribution is 6.30. The van der Waals surface area contributed by atoms with E-state index in [0.29, 0.717) is 12.0 Å². The molecule has 2 heterocycles. The second-order valence-corrected chi connectivity index (χ2v) is 10.7. The molecule has 0 N–H and O–H groups in total. The number of rotatable bonds is 5. The Balaban J connectivity index is 1.49. The number of nitrogens with zero attached hydrogens (tertiary/aromatic N) is 3. The molecule has 1 saturated carbocycles.